The third kappa shape index (κ3) is 7.01. The Morgan fingerprint density at radius 2 is 1.55 bits per heavy atom. The van der Waals surface area contributed by atoms with Gasteiger partial charge in [-0.2, -0.15) is 0 Å². The molecule has 1 aliphatic rings. The number of amides is 4. The first kappa shape index (κ1) is 30.2. The number of hydrogen-bond donors (Lipinski definition) is 2. The number of hydrogen-bond acceptors (Lipinski definition) is 8. The molecule has 4 amide bonds. The van der Waals surface area contributed by atoms with E-state index in [2.05, 4.69) is 10.6 Å². The van der Waals surface area contributed by atoms with Crippen LogP contribution in [0.2, 0.25) is 0 Å². The van der Waals surface area contributed by atoms with Crippen LogP contribution in [0, 0.1) is 0 Å². The fraction of sp³-hybridized carbons (Fsp3) is 0.152. The van der Waals surface area contributed by atoms with Crippen LogP contribution in [-0.2, 0) is 14.4 Å². The van der Waals surface area contributed by atoms with E-state index in [1.165, 1.54) is 13.2 Å². The predicted molar refractivity (Wildman–Crippen MR) is 170 cm³/mol. The van der Waals surface area contributed by atoms with Crippen molar-refractivity contribution in [1.29, 1.82) is 0 Å². The maximum Gasteiger partial charge on any atom is 0.294 e. The second kappa shape index (κ2) is 13.8. The van der Waals surface area contributed by atoms with E-state index < -0.39 is 23.6 Å². The number of anilines is 2. The van der Waals surface area contributed by atoms with Gasteiger partial charge in [-0.05, 0) is 66.0 Å². The fourth-order valence-electron chi connectivity index (χ4n) is 4.53. The Morgan fingerprint density at radius 1 is 0.818 bits per heavy atom. The van der Waals surface area contributed by atoms with Crippen molar-refractivity contribution < 1.29 is 33.4 Å². The summed E-state index contributed by atoms with van der Waals surface area (Å²) in [6.07, 6.45) is 1.54. The molecule has 44 heavy (non-hydrogen) atoms. The van der Waals surface area contributed by atoms with Crippen molar-refractivity contribution in [3.8, 4) is 17.2 Å². The van der Waals surface area contributed by atoms with Gasteiger partial charge in [0.25, 0.3) is 17.1 Å². The van der Waals surface area contributed by atoms with Crippen LogP contribution in [0.15, 0.2) is 89.8 Å². The molecular weight excluding hydrogens is 582 g/mol. The normalized spacial score (nSPS) is 13.7. The highest BCUT2D eigenvalue weighted by Crippen LogP contribution is 2.35. The Kier molecular flexibility index (Phi) is 9.46. The molecule has 0 bridgehead atoms. The Balaban J connectivity index is 1.21. The maximum atomic E-state index is 13.1. The van der Waals surface area contributed by atoms with Crippen molar-refractivity contribution in [3.05, 3.63) is 95.4 Å². The van der Waals surface area contributed by atoms with E-state index >= 15 is 0 Å². The summed E-state index contributed by atoms with van der Waals surface area (Å²) < 4.78 is 16.6. The van der Waals surface area contributed by atoms with Gasteiger partial charge in [-0.1, -0.05) is 54.6 Å². The van der Waals surface area contributed by atoms with Gasteiger partial charge < -0.3 is 24.8 Å². The van der Waals surface area contributed by atoms with Crippen molar-refractivity contribution in [1.82, 2.24) is 4.90 Å². The molecule has 1 fully saturated rings. The van der Waals surface area contributed by atoms with Gasteiger partial charge in [-0.25, -0.2) is 0 Å². The first-order chi connectivity index (χ1) is 21.4. The number of methoxy groups -OCH3 is 1. The summed E-state index contributed by atoms with van der Waals surface area (Å²) in [5.74, 6) is -0.248. The van der Waals surface area contributed by atoms with Gasteiger partial charge >= 0.3 is 0 Å². The molecule has 0 unspecified atom stereocenters. The van der Waals surface area contributed by atoms with Crippen LogP contribution >= 0.6 is 11.8 Å². The highest BCUT2D eigenvalue weighted by Gasteiger charge is 2.36. The number of nitrogens with zero attached hydrogens (tertiary/aromatic N) is 1. The van der Waals surface area contributed by atoms with Gasteiger partial charge in [0, 0.05) is 11.1 Å². The molecule has 0 atom stereocenters. The number of thioether (sulfide) groups is 1. The van der Waals surface area contributed by atoms with Crippen LogP contribution in [0.25, 0.3) is 16.8 Å². The Labute approximate surface area is 258 Å². The van der Waals surface area contributed by atoms with E-state index in [9.17, 15) is 19.2 Å². The first-order valence-electron chi connectivity index (χ1n) is 13.7. The topological polar surface area (TPSA) is 123 Å². The van der Waals surface area contributed by atoms with E-state index in [0.29, 0.717) is 40.8 Å². The average Bonchev–Trinajstić information content (AvgIpc) is 3.28. The van der Waals surface area contributed by atoms with E-state index in [4.69, 9.17) is 14.2 Å². The molecule has 10 nitrogen and oxygen atoms in total. The molecule has 4 aromatic carbocycles. The number of carbonyl (C=O) groups excluding carboxylic acids is 4. The summed E-state index contributed by atoms with van der Waals surface area (Å²) >= 11 is 0.748. The minimum Gasteiger partial charge on any atom is -0.493 e. The number of rotatable bonds is 11. The van der Waals surface area contributed by atoms with Gasteiger partial charge in [0.1, 0.15) is 12.3 Å². The van der Waals surface area contributed by atoms with Crippen LogP contribution in [-0.4, -0.2) is 54.7 Å². The zero-order chi connectivity index (χ0) is 31.1. The number of ether oxygens (including phenoxy) is 3. The minimum atomic E-state index is -0.573. The van der Waals surface area contributed by atoms with Gasteiger partial charge in [0.05, 0.1) is 24.3 Å². The molecule has 5 rings (SSSR count). The molecule has 0 spiro atoms. The van der Waals surface area contributed by atoms with E-state index in [1.807, 2.05) is 49.4 Å². The summed E-state index contributed by atoms with van der Waals surface area (Å²) in [5, 5.41) is 6.83. The second-order valence-corrected chi connectivity index (χ2v) is 10.5. The molecule has 4 aromatic rings. The van der Waals surface area contributed by atoms with Crippen LogP contribution in [0.4, 0.5) is 16.2 Å². The summed E-state index contributed by atoms with van der Waals surface area (Å²) in [6, 6.07) is 25.1. The van der Waals surface area contributed by atoms with E-state index in [0.717, 1.165) is 27.4 Å². The van der Waals surface area contributed by atoms with Crippen LogP contribution in [0.5, 0.6) is 17.2 Å². The standard InChI is InChI=1S/C33H29N3O7S/c1-3-42-26-14-7-6-12-25(26)35-31(38)20-43-27-16-15-21(17-28(27)41-2)18-29-32(39)36(33(40)44-29)19-30(37)34-24-13-8-10-22-9-4-5-11-23(22)24/h4-18H,3,19-20H2,1-2H3,(H,34,37)(H,35,38)/b29-18+. The number of fused-ring (bicyclic) bond motifs is 1. The van der Waals surface area contributed by atoms with Gasteiger partial charge in [-0.15, -0.1) is 0 Å². The van der Waals surface area contributed by atoms with Crippen molar-refractivity contribution in [3.63, 3.8) is 0 Å². The third-order valence-corrected chi connectivity index (χ3v) is 7.45. The molecule has 0 aromatic heterocycles. The number of para-hydroxylation sites is 2. The highest BCUT2D eigenvalue weighted by atomic mass is 32.2. The van der Waals surface area contributed by atoms with Crippen LogP contribution in [0.3, 0.4) is 0 Å². The minimum absolute atomic E-state index is 0.163. The molecule has 2 N–H and O–H groups in total. The lowest BCUT2D eigenvalue weighted by molar-refractivity contribution is -0.127. The average molecular weight is 612 g/mol. The molecule has 1 heterocycles. The van der Waals surface area contributed by atoms with Crippen molar-refractivity contribution in [2.75, 3.05) is 37.5 Å². The molecule has 0 saturated carbocycles. The Morgan fingerprint density at radius 3 is 2.36 bits per heavy atom. The first-order valence-corrected chi connectivity index (χ1v) is 14.5. The number of nitrogens with one attached hydrogen (secondary N) is 2. The SMILES string of the molecule is CCOc1ccccc1NC(=O)COc1ccc(/C=C2/SC(=O)N(CC(=O)Nc3cccc4ccccc34)C2=O)cc1OC. The van der Waals surface area contributed by atoms with Crippen molar-refractivity contribution >= 4 is 62.9 Å². The van der Waals surface area contributed by atoms with E-state index in [-0.39, 0.29) is 17.4 Å². The second-order valence-electron chi connectivity index (χ2n) is 9.52. The third-order valence-electron chi connectivity index (χ3n) is 6.54. The maximum absolute atomic E-state index is 13.1. The largest absolute Gasteiger partial charge is 0.493 e. The monoisotopic (exact) mass is 611 g/mol. The van der Waals surface area contributed by atoms with E-state index in [1.54, 1.807) is 42.5 Å². The predicted octanol–water partition coefficient (Wildman–Crippen LogP) is 5.94. The van der Waals surface area contributed by atoms with Crippen LogP contribution in [0.1, 0.15) is 12.5 Å². The van der Waals surface area contributed by atoms with Crippen LogP contribution < -0.4 is 24.8 Å². The highest BCUT2D eigenvalue weighted by molar-refractivity contribution is 8.18. The Hall–Kier alpha value is -5.29. The van der Waals surface area contributed by atoms with Gasteiger partial charge in [0.15, 0.2) is 18.1 Å². The Bertz CT molecular complexity index is 1770. The number of benzene rings is 4. The molecule has 11 heteroatoms. The quantitative estimate of drug-likeness (QED) is 0.200. The summed E-state index contributed by atoms with van der Waals surface area (Å²) in [7, 11) is 1.45. The summed E-state index contributed by atoms with van der Waals surface area (Å²) in [4.78, 5) is 52.1. The summed E-state index contributed by atoms with van der Waals surface area (Å²) in [5.41, 5.74) is 1.69. The van der Waals surface area contributed by atoms with Crippen molar-refractivity contribution in [2.45, 2.75) is 6.92 Å². The van der Waals surface area contributed by atoms with Gasteiger partial charge in [0.2, 0.25) is 5.91 Å². The molecule has 0 aliphatic carbocycles. The number of imide groups is 1. The fourth-order valence-corrected chi connectivity index (χ4v) is 5.37. The summed E-state index contributed by atoms with van der Waals surface area (Å²) in [6.45, 7) is 1.62. The molecule has 0 radical (unpaired) electrons. The van der Waals surface area contributed by atoms with Gasteiger partial charge in [-0.3, -0.25) is 24.1 Å². The number of carbonyl (C=O) groups is 4. The smallest absolute Gasteiger partial charge is 0.294 e. The lowest BCUT2D eigenvalue weighted by atomic mass is 10.1. The zero-order valence-electron chi connectivity index (χ0n) is 24.0. The van der Waals surface area contributed by atoms with Crippen molar-refractivity contribution in [2.24, 2.45) is 0 Å². The molecule has 1 saturated heterocycles. The lowest BCUT2D eigenvalue weighted by Gasteiger charge is -2.14. The zero-order valence-corrected chi connectivity index (χ0v) is 24.8. The lowest BCUT2D eigenvalue weighted by Crippen LogP contribution is -2.36. The molecule has 224 valence electrons. The molecular formula is C33H29N3O7S. The molecule has 1 aliphatic heterocycles.